The lowest BCUT2D eigenvalue weighted by Gasteiger charge is -2.23. The smallest absolute Gasteiger partial charge is 0.337 e. The van der Waals surface area contributed by atoms with Crippen molar-refractivity contribution in [1.29, 1.82) is 0 Å². The molecule has 182 valence electrons. The summed E-state index contributed by atoms with van der Waals surface area (Å²) in [5.74, 6) is -0.442. The maximum absolute atomic E-state index is 12.5. The van der Waals surface area contributed by atoms with Crippen molar-refractivity contribution >= 4 is 28.8 Å². The first kappa shape index (κ1) is 22.1. The summed E-state index contributed by atoms with van der Waals surface area (Å²) in [5, 5.41) is 14.1. The van der Waals surface area contributed by atoms with Crippen molar-refractivity contribution in [3.63, 3.8) is 0 Å². The van der Waals surface area contributed by atoms with E-state index >= 15 is 0 Å². The molecular formula is C25H23N7O4. The number of pyridine rings is 1. The molecule has 5 heterocycles. The average Bonchev–Trinajstić information content (AvgIpc) is 3.65. The molecule has 1 aliphatic heterocycles. The molecule has 1 unspecified atom stereocenters. The highest BCUT2D eigenvalue weighted by Crippen LogP contribution is 2.33. The Bertz CT molecular complexity index is 1590. The van der Waals surface area contributed by atoms with Gasteiger partial charge in [0.1, 0.15) is 11.3 Å². The maximum Gasteiger partial charge on any atom is 0.337 e. The molecule has 5 aromatic rings. The van der Waals surface area contributed by atoms with E-state index in [0.29, 0.717) is 30.0 Å². The van der Waals surface area contributed by atoms with Crippen molar-refractivity contribution in [3.05, 3.63) is 65.9 Å². The number of hydrogen-bond donors (Lipinski definition) is 0. The van der Waals surface area contributed by atoms with Gasteiger partial charge in [-0.2, -0.15) is 5.10 Å². The second-order valence-corrected chi connectivity index (χ2v) is 8.74. The lowest BCUT2D eigenvalue weighted by atomic mass is 10.0. The number of benzene rings is 1. The number of esters is 1. The fourth-order valence-corrected chi connectivity index (χ4v) is 4.61. The number of methoxy groups -OCH3 is 1. The lowest BCUT2D eigenvalue weighted by molar-refractivity contribution is -0.0366. The van der Waals surface area contributed by atoms with Crippen LogP contribution in [-0.2, 0) is 16.0 Å². The van der Waals surface area contributed by atoms with E-state index in [1.807, 2.05) is 21.5 Å². The molecule has 11 nitrogen and oxygen atoms in total. The van der Waals surface area contributed by atoms with E-state index in [2.05, 4.69) is 20.4 Å². The molecule has 6 rings (SSSR count). The van der Waals surface area contributed by atoms with Crippen LogP contribution < -0.4 is 0 Å². The van der Waals surface area contributed by atoms with Crippen LogP contribution >= 0.6 is 0 Å². The topological polar surface area (TPSA) is 118 Å². The highest BCUT2D eigenvalue weighted by Gasteiger charge is 2.22. The highest BCUT2D eigenvalue weighted by atomic mass is 16.5. The van der Waals surface area contributed by atoms with Gasteiger partial charge in [-0.3, -0.25) is 4.79 Å². The fraction of sp³-hybridized carbons (Fsp3) is 0.280. The third-order valence-electron chi connectivity index (χ3n) is 6.36. The van der Waals surface area contributed by atoms with Gasteiger partial charge >= 0.3 is 5.97 Å². The van der Waals surface area contributed by atoms with Crippen LogP contribution in [-0.4, -0.2) is 60.1 Å². The average molecular weight is 486 g/mol. The van der Waals surface area contributed by atoms with Crippen molar-refractivity contribution in [2.45, 2.75) is 32.0 Å². The van der Waals surface area contributed by atoms with E-state index in [-0.39, 0.29) is 6.23 Å². The van der Waals surface area contributed by atoms with E-state index in [4.69, 9.17) is 9.47 Å². The Morgan fingerprint density at radius 2 is 2.14 bits per heavy atom. The molecule has 1 fully saturated rings. The molecule has 1 atom stereocenters. The summed E-state index contributed by atoms with van der Waals surface area (Å²) in [6.07, 6.45) is 10.7. The summed E-state index contributed by atoms with van der Waals surface area (Å²) in [7, 11) is 1.36. The highest BCUT2D eigenvalue weighted by molar-refractivity contribution is 6.01. The quantitative estimate of drug-likeness (QED) is 0.266. The summed E-state index contributed by atoms with van der Waals surface area (Å²) in [6.45, 7) is 1.07. The van der Waals surface area contributed by atoms with Gasteiger partial charge in [-0.25, -0.2) is 19.1 Å². The number of aromatic nitrogens is 7. The zero-order valence-corrected chi connectivity index (χ0v) is 19.6. The molecular weight excluding hydrogens is 462 g/mol. The molecule has 0 radical (unpaired) electrons. The number of rotatable bonds is 6. The van der Waals surface area contributed by atoms with E-state index in [0.717, 1.165) is 53.4 Å². The normalized spacial score (nSPS) is 16.0. The Labute approximate surface area is 205 Å². The minimum atomic E-state index is -0.442. The number of aldehydes is 1. The first-order valence-electron chi connectivity index (χ1n) is 11.7. The molecule has 11 heteroatoms. The van der Waals surface area contributed by atoms with Gasteiger partial charge in [-0.15, -0.1) is 5.10 Å². The van der Waals surface area contributed by atoms with Crippen LogP contribution in [0.15, 0.2) is 49.1 Å². The minimum absolute atomic E-state index is 0.178. The standard InChI is InChI=1S/C25H23N7O4/c1-35-25(34)17-8-19(20-10-26-32(22(20)9-17)24-4-2-3-7-36-24)21-14-31(29-28-21)13-18-12-30-11-16(15-33)5-6-23(30)27-18/h5-6,8-12,14-15,24H,2-4,7,13H2,1H3. The van der Waals surface area contributed by atoms with E-state index in [9.17, 15) is 9.59 Å². The van der Waals surface area contributed by atoms with E-state index < -0.39 is 5.97 Å². The van der Waals surface area contributed by atoms with Gasteiger partial charge in [0.05, 0.1) is 42.8 Å². The Morgan fingerprint density at radius 3 is 2.94 bits per heavy atom. The van der Waals surface area contributed by atoms with Crippen LogP contribution in [0.5, 0.6) is 0 Å². The van der Waals surface area contributed by atoms with E-state index in [1.54, 1.807) is 41.3 Å². The summed E-state index contributed by atoms with van der Waals surface area (Å²) in [4.78, 5) is 28.1. The number of carbonyl (C=O) groups excluding carboxylic acids is 2. The van der Waals surface area contributed by atoms with Gasteiger partial charge in [0, 0.05) is 35.5 Å². The Morgan fingerprint density at radius 1 is 1.22 bits per heavy atom. The zero-order chi connectivity index (χ0) is 24.6. The van der Waals surface area contributed by atoms with Crippen LogP contribution in [0.1, 0.15) is 51.9 Å². The summed E-state index contributed by atoms with van der Waals surface area (Å²) in [6, 6.07) is 7.06. The van der Waals surface area contributed by atoms with Gasteiger partial charge < -0.3 is 13.9 Å². The molecule has 0 saturated carbocycles. The summed E-state index contributed by atoms with van der Waals surface area (Å²) in [5.41, 5.74) is 4.59. The van der Waals surface area contributed by atoms with Gasteiger partial charge in [-0.05, 0) is 43.5 Å². The summed E-state index contributed by atoms with van der Waals surface area (Å²) < 4.78 is 16.3. The molecule has 1 aromatic carbocycles. The van der Waals surface area contributed by atoms with E-state index in [1.165, 1.54) is 7.11 Å². The molecule has 1 saturated heterocycles. The Kier molecular flexibility index (Phi) is 5.53. The molecule has 4 aromatic heterocycles. The lowest BCUT2D eigenvalue weighted by Crippen LogP contribution is -2.19. The number of ether oxygens (including phenoxy) is 2. The first-order chi connectivity index (χ1) is 17.6. The Hall–Kier alpha value is -4.38. The number of carbonyl (C=O) groups is 2. The predicted molar refractivity (Wildman–Crippen MR) is 129 cm³/mol. The number of hydrogen-bond acceptors (Lipinski definition) is 8. The molecule has 1 aliphatic rings. The molecule has 0 bridgehead atoms. The van der Waals surface area contributed by atoms with Crippen LogP contribution in [0.3, 0.4) is 0 Å². The number of fused-ring (bicyclic) bond motifs is 2. The monoisotopic (exact) mass is 485 g/mol. The number of nitrogens with zero attached hydrogens (tertiary/aromatic N) is 7. The molecule has 36 heavy (non-hydrogen) atoms. The first-order valence-corrected chi connectivity index (χ1v) is 11.7. The van der Waals surface area contributed by atoms with Crippen molar-refractivity contribution in [1.82, 2.24) is 34.2 Å². The van der Waals surface area contributed by atoms with Crippen LogP contribution in [0.4, 0.5) is 0 Å². The number of imidazole rings is 1. The second-order valence-electron chi connectivity index (χ2n) is 8.74. The third kappa shape index (κ3) is 3.93. The van der Waals surface area contributed by atoms with Crippen molar-refractivity contribution in [2.75, 3.05) is 13.7 Å². The fourth-order valence-electron chi connectivity index (χ4n) is 4.61. The second kappa shape index (κ2) is 9.00. The summed E-state index contributed by atoms with van der Waals surface area (Å²) >= 11 is 0. The Balaban J connectivity index is 1.37. The molecule has 0 spiro atoms. The van der Waals surface area contributed by atoms with Gasteiger partial charge in [-0.1, -0.05) is 5.21 Å². The van der Waals surface area contributed by atoms with Crippen LogP contribution in [0, 0.1) is 0 Å². The minimum Gasteiger partial charge on any atom is -0.465 e. The van der Waals surface area contributed by atoms with Crippen LogP contribution in [0.2, 0.25) is 0 Å². The molecule has 0 N–H and O–H groups in total. The zero-order valence-electron chi connectivity index (χ0n) is 19.6. The van der Waals surface area contributed by atoms with Gasteiger partial charge in [0.25, 0.3) is 0 Å². The largest absolute Gasteiger partial charge is 0.465 e. The maximum atomic E-state index is 12.5. The van der Waals surface area contributed by atoms with Crippen molar-refractivity contribution in [3.8, 4) is 11.3 Å². The SMILES string of the molecule is COC(=O)c1cc(-c2cn(Cc3cn4cc(C=O)ccc4n3)nn2)c2cnn(C3CCCCO3)c2c1. The van der Waals surface area contributed by atoms with Crippen LogP contribution in [0.25, 0.3) is 27.8 Å². The third-order valence-corrected chi connectivity index (χ3v) is 6.36. The molecule has 0 aliphatic carbocycles. The van der Waals surface area contributed by atoms with Gasteiger partial charge in [0.2, 0.25) is 0 Å². The molecule has 0 amide bonds. The van der Waals surface area contributed by atoms with Gasteiger partial charge in [0.15, 0.2) is 12.5 Å². The van der Waals surface area contributed by atoms with Crippen molar-refractivity contribution in [2.24, 2.45) is 0 Å². The van der Waals surface area contributed by atoms with Crippen molar-refractivity contribution < 1.29 is 19.1 Å². The predicted octanol–water partition coefficient (Wildman–Crippen LogP) is 3.29.